The molecule has 28 heavy (non-hydrogen) atoms. The van der Waals surface area contributed by atoms with Gasteiger partial charge in [-0.2, -0.15) is 0 Å². The molecule has 1 N–H and O–H groups in total. The van der Waals surface area contributed by atoms with E-state index in [-0.39, 0.29) is 22.6 Å². The summed E-state index contributed by atoms with van der Waals surface area (Å²) in [6.45, 7) is 4.21. The van der Waals surface area contributed by atoms with Crippen molar-refractivity contribution >= 4 is 11.8 Å². The highest BCUT2D eigenvalue weighted by Gasteiger charge is 2.46. The van der Waals surface area contributed by atoms with Gasteiger partial charge in [-0.25, -0.2) is 0 Å². The van der Waals surface area contributed by atoms with Gasteiger partial charge in [-0.15, -0.1) is 0 Å². The van der Waals surface area contributed by atoms with E-state index in [0.717, 1.165) is 31.4 Å². The number of likely N-dealkylation sites (tertiary alicyclic amines) is 1. The van der Waals surface area contributed by atoms with Crippen molar-refractivity contribution in [3.05, 3.63) is 60.1 Å². The second-order valence-corrected chi connectivity index (χ2v) is 8.78. The van der Waals surface area contributed by atoms with Crippen molar-refractivity contribution < 1.29 is 14.0 Å². The van der Waals surface area contributed by atoms with Crippen molar-refractivity contribution in [3.8, 4) is 0 Å². The first-order valence-electron chi connectivity index (χ1n) is 10.1. The SMILES string of the molecule is CC1(CNC(=O)CC2(c3ccccc3)CC2)CCN(C(=O)Cc2ccoc2)C1. The molecule has 5 heteroatoms. The van der Waals surface area contributed by atoms with Gasteiger partial charge in [-0.05, 0) is 36.5 Å². The summed E-state index contributed by atoms with van der Waals surface area (Å²) in [5, 5.41) is 3.14. The fourth-order valence-electron chi connectivity index (χ4n) is 4.25. The van der Waals surface area contributed by atoms with Crippen LogP contribution in [0, 0.1) is 5.41 Å². The van der Waals surface area contributed by atoms with Gasteiger partial charge >= 0.3 is 0 Å². The minimum atomic E-state index is -0.0643. The fraction of sp³-hybridized carbons (Fsp3) is 0.478. The van der Waals surface area contributed by atoms with Crippen LogP contribution >= 0.6 is 0 Å². The highest BCUT2D eigenvalue weighted by molar-refractivity contribution is 5.79. The van der Waals surface area contributed by atoms with Crippen molar-refractivity contribution in [3.63, 3.8) is 0 Å². The maximum absolute atomic E-state index is 12.6. The average Bonchev–Trinajstić information content (AvgIpc) is 3.10. The van der Waals surface area contributed by atoms with Crippen molar-refractivity contribution in [1.29, 1.82) is 0 Å². The van der Waals surface area contributed by atoms with Crippen molar-refractivity contribution in [2.45, 2.75) is 44.4 Å². The van der Waals surface area contributed by atoms with E-state index in [1.54, 1.807) is 12.5 Å². The molecule has 2 aliphatic rings. The van der Waals surface area contributed by atoms with E-state index in [0.29, 0.717) is 25.9 Å². The first-order valence-corrected chi connectivity index (χ1v) is 10.1. The third-order valence-electron chi connectivity index (χ3n) is 6.30. The number of hydrogen-bond acceptors (Lipinski definition) is 3. The molecule has 1 saturated carbocycles. The van der Waals surface area contributed by atoms with Gasteiger partial charge in [-0.3, -0.25) is 9.59 Å². The number of benzene rings is 1. The molecule has 0 radical (unpaired) electrons. The fourth-order valence-corrected chi connectivity index (χ4v) is 4.25. The Balaban J connectivity index is 1.26. The Kier molecular flexibility index (Phi) is 5.00. The van der Waals surface area contributed by atoms with Crippen LogP contribution in [-0.2, 0) is 21.4 Å². The van der Waals surface area contributed by atoms with Crippen LogP contribution in [0.5, 0.6) is 0 Å². The maximum atomic E-state index is 12.6. The van der Waals surface area contributed by atoms with E-state index in [9.17, 15) is 9.59 Å². The number of rotatable bonds is 7. The summed E-state index contributed by atoms with van der Waals surface area (Å²) >= 11 is 0. The molecule has 2 amide bonds. The monoisotopic (exact) mass is 380 g/mol. The second-order valence-electron chi connectivity index (χ2n) is 8.78. The lowest BCUT2D eigenvalue weighted by Crippen LogP contribution is -2.40. The van der Waals surface area contributed by atoms with Gasteiger partial charge in [-0.1, -0.05) is 37.3 Å². The quantitative estimate of drug-likeness (QED) is 0.802. The molecule has 0 spiro atoms. The van der Waals surface area contributed by atoms with Gasteiger partial charge in [0.05, 0.1) is 18.9 Å². The zero-order valence-corrected chi connectivity index (χ0v) is 16.4. The van der Waals surface area contributed by atoms with Gasteiger partial charge in [0.25, 0.3) is 0 Å². The molecule has 5 nitrogen and oxygen atoms in total. The van der Waals surface area contributed by atoms with Crippen molar-refractivity contribution in [2.75, 3.05) is 19.6 Å². The third kappa shape index (κ3) is 4.13. The molecule has 1 aliphatic heterocycles. The Morgan fingerprint density at radius 2 is 1.93 bits per heavy atom. The Morgan fingerprint density at radius 1 is 1.14 bits per heavy atom. The minimum absolute atomic E-state index is 0.0362. The summed E-state index contributed by atoms with van der Waals surface area (Å²) in [5.41, 5.74) is 2.15. The zero-order valence-electron chi connectivity index (χ0n) is 16.4. The lowest BCUT2D eigenvalue weighted by atomic mass is 9.89. The van der Waals surface area contributed by atoms with Crippen LogP contribution in [0.25, 0.3) is 0 Å². The molecule has 0 bridgehead atoms. The molecule has 2 heterocycles. The van der Waals surface area contributed by atoms with Gasteiger partial charge in [0.15, 0.2) is 0 Å². The van der Waals surface area contributed by atoms with E-state index in [4.69, 9.17) is 4.42 Å². The molecule has 1 aliphatic carbocycles. The minimum Gasteiger partial charge on any atom is -0.472 e. The van der Waals surface area contributed by atoms with E-state index >= 15 is 0 Å². The number of carbonyl (C=O) groups is 2. The molecule has 4 rings (SSSR count). The van der Waals surface area contributed by atoms with Crippen LogP contribution in [0.2, 0.25) is 0 Å². The average molecular weight is 380 g/mol. The van der Waals surface area contributed by atoms with Gasteiger partial charge in [0.1, 0.15) is 0 Å². The Bertz CT molecular complexity index is 827. The Labute approximate surface area is 166 Å². The Hall–Kier alpha value is -2.56. The predicted octanol–water partition coefficient (Wildman–Crippen LogP) is 3.30. The number of amides is 2. The summed E-state index contributed by atoms with van der Waals surface area (Å²) in [6, 6.07) is 12.2. The molecular formula is C23H28N2O3. The van der Waals surface area contributed by atoms with E-state index in [1.807, 2.05) is 29.2 Å². The standard InChI is InChI=1S/C23H28N2O3/c1-22(10-11-25(17-22)21(27)13-18-7-12-28-15-18)16-24-20(26)14-23(8-9-23)19-5-3-2-4-6-19/h2-7,12,15H,8-11,13-14,16-17H2,1H3,(H,24,26). The van der Waals surface area contributed by atoms with Gasteiger partial charge < -0.3 is 14.6 Å². The van der Waals surface area contributed by atoms with Crippen LogP contribution in [0.4, 0.5) is 0 Å². The molecule has 2 fully saturated rings. The van der Waals surface area contributed by atoms with Gasteiger partial charge in [0.2, 0.25) is 11.8 Å². The number of hydrogen-bond donors (Lipinski definition) is 1. The highest BCUT2D eigenvalue weighted by atomic mass is 16.3. The van der Waals surface area contributed by atoms with Crippen molar-refractivity contribution in [2.24, 2.45) is 5.41 Å². The third-order valence-corrected chi connectivity index (χ3v) is 6.30. The number of nitrogens with zero attached hydrogens (tertiary/aromatic N) is 1. The van der Waals surface area contributed by atoms with Crippen molar-refractivity contribution in [1.82, 2.24) is 10.2 Å². The van der Waals surface area contributed by atoms with Crippen LogP contribution in [0.1, 0.15) is 43.7 Å². The zero-order chi connectivity index (χ0) is 19.6. The van der Waals surface area contributed by atoms with Crippen LogP contribution in [0.15, 0.2) is 53.3 Å². The maximum Gasteiger partial charge on any atom is 0.227 e. The van der Waals surface area contributed by atoms with E-state index < -0.39 is 0 Å². The largest absolute Gasteiger partial charge is 0.472 e. The topological polar surface area (TPSA) is 62.6 Å². The molecule has 148 valence electrons. The number of nitrogens with one attached hydrogen (secondary N) is 1. The highest BCUT2D eigenvalue weighted by Crippen LogP contribution is 2.50. The summed E-state index contributed by atoms with van der Waals surface area (Å²) in [7, 11) is 0. The van der Waals surface area contributed by atoms with Gasteiger partial charge in [0, 0.05) is 36.9 Å². The van der Waals surface area contributed by atoms with E-state index in [2.05, 4.69) is 24.4 Å². The number of furan rings is 1. The van der Waals surface area contributed by atoms with Crippen LogP contribution in [-0.4, -0.2) is 36.3 Å². The molecule has 1 aromatic heterocycles. The lowest BCUT2D eigenvalue weighted by molar-refractivity contribution is -0.129. The van der Waals surface area contributed by atoms with E-state index in [1.165, 1.54) is 5.56 Å². The molecule has 1 atom stereocenters. The molecule has 2 aromatic rings. The molecule has 1 aromatic carbocycles. The first-order chi connectivity index (χ1) is 13.5. The number of carbonyl (C=O) groups excluding carboxylic acids is 2. The normalized spacial score (nSPS) is 22.8. The Morgan fingerprint density at radius 3 is 2.61 bits per heavy atom. The van der Waals surface area contributed by atoms with Crippen LogP contribution in [0.3, 0.4) is 0 Å². The summed E-state index contributed by atoms with van der Waals surface area (Å²) in [6.07, 6.45) is 7.21. The first kappa shape index (κ1) is 18.8. The summed E-state index contributed by atoms with van der Waals surface area (Å²) in [5.74, 6) is 0.239. The molecule has 1 saturated heterocycles. The lowest BCUT2D eigenvalue weighted by Gasteiger charge is -2.25. The summed E-state index contributed by atoms with van der Waals surface area (Å²) in [4.78, 5) is 27.0. The second kappa shape index (κ2) is 7.46. The summed E-state index contributed by atoms with van der Waals surface area (Å²) < 4.78 is 5.04. The molecular weight excluding hydrogens is 352 g/mol. The molecule has 1 unspecified atom stereocenters. The smallest absolute Gasteiger partial charge is 0.227 e. The van der Waals surface area contributed by atoms with Crippen LogP contribution < -0.4 is 5.32 Å². The predicted molar refractivity (Wildman–Crippen MR) is 107 cm³/mol.